The minimum absolute atomic E-state index is 0.0989. The summed E-state index contributed by atoms with van der Waals surface area (Å²) in [7, 11) is 1.59. The third-order valence-corrected chi connectivity index (χ3v) is 8.12. The highest BCUT2D eigenvalue weighted by atomic mass is 16.5. The van der Waals surface area contributed by atoms with Crippen LogP contribution in [0.5, 0.6) is 5.88 Å². The van der Waals surface area contributed by atoms with E-state index in [0.717, 1.165) is 53.6 Å². The van der Waals surface area contributed by atoms with Gasteiger partial charge in [-0.2, -0.15) is 5.21 Å². The molecule has 0 spiro atoms. The van der Waals surface area contributed by atoms with E-state index in [2.05, 4.69) is 25.6 Å². The molecule has 11 heteroatoms. The zero-order valence-electron chi connectivity index (χ0n) is 23.9. The van der Waals surface area contributed by atoms with Gasteiger partial charge in [0.2, 0.25) is 23.5 Å². The molecular weight excluding hydrogens is 532 g/mol. The monoisotopic (exact) mass is 568 g/mol. The zero-order chi connectivity index (χ0) is 29.6. The van der Waals surface area contributed by atoms with Crippen molar-refractivity contribution in [2.75, 3.05) is 18.6 Å². The number of primary amides is 1. The molecule has 1 atom stereocenters. The number of carbonyl (C=O) groups excluding carboxylic acids is 2. The highest BCUT2D eigenvalue weighted by Gasteiger charge is 2.36. The van der Waals surface area contributed by atoms with Crippen LogP contribution in [0.3, 0.4) is 0 Å². The van der Waals surface area contributed by atoms with Gasteiger partial charge in [-0.25, -0.2) is 4.98 Å². The number of rotatable bonds is 10. The molecule has 218 valence electrons. The molecule has 0 unspecified atom stereocenters. The fourth-order valence-electron chi connectivity index (χ4n) is 5.68. The normalized spacial score (nSPS) is 17.4. The average Bonchev–Trinajstić information content (AvgIpc) is 3.56. The fraction of sp³-hybridized carbons (Fsp3) is 0.355. The van der Waals surface area contributed by atoms with E-state index in [9.17, 15) is 9.59 Å². The Morgan fingerprint density at radius 1 is 1.00 bits per heavy atom. The molecular formula is C31H36N8O3. The van der Waals surface area contributed by atoms with Crippen molar-refractivity contribution in [2.24, 2.45) is 23.3 Å². The number of aryl methyl sites for hydroxylation is 1. The maximum absolute atomic E-state index is 14.1. The van der Waals surface area contributed by atoms with Gasteiger partial charge in [-0.1, -0.05) is 24.3 Å². The van der Waals surface area contributed by atoms with E-state index in [4.69, 9.17) is 16.2 Å². The largest absolute Gasteiger partial charge is 0.481 e. The van der Waals surface area contributed by atoms with Crippen LogP contribution < -0.4 is 21.1 Å². The lowest BCUT2D eigenvalue weighted by molar-refractivity contribution is -0.127. The van der Waals surface area contributed by atoms with Gasteiger partial charge in [0.25, 0.3) is 0 Å². The van der Waals surface area contributed by atoms with Crippen molar-refractivity contribution >= 4 is 17.5 Å². The number of aromatic amines is 1. The quantitative estimate of drug-likeness (QED) is 0.262. The lowest BCUT2D eigenvalue weighted by atomic mass is 9.81. The van der Waals surface area contributed by atoms with Gasteiger partial charge in [-0.3, -0.25) is 14.5 Å². The second-order valence-corrected chi connectivity index (χ2v) is 10.7. The van der Waals surface area contributed by atoms with Crippen LogP contribution >= 0.6 is 0 Å². The van der Waals surface area contributed by atoms with Crippen molar-refractivity contribution in [2.45, 2.75) is 45.1 Å². The molecule has 0 saturated heterocycles. The molecule has 5 N–H and O–H groups in total. The van der Waals surface area contributed by atoms with Crippen LogP contribution in [0.1, 0.15) is 36.9 Å². The standard InChI is InChI=1S/C31H36N8O3/c1-19-26(15-16-28(34-19)42-2)22-7-3-20(4-8-22)17-27(29(33)40)39(31(41)24-9-5-21(18-32)6-10-24)25-13-11-23(12-14-25)30-35-37-38-36-30/h3-4,7-8,11-16,21,24,27H,5-6,9-10,17-18,32H2,1-2H3,(H2,33,40)(H,35,36,37,38)/t21?,24?,27-/m0/s1. The highest BCUT2D eigenvalue weighted by Crippen LogP contribution is 2.33. The van der Waals surface area contributed by atoms with Crippen molar-refractivity contribution in [3.63, 3.8) is 0 Å². The van der Waals surface area contributed by atoms with Crippen molar-refractivity contribution in [3.8, 4) is 28.4 Å². The smallest absolute Gasteiger partial charge is 0.240 e. The van der Waals surface area contributed by atoms with E-state index in [0.29, 0.717) is 29.9 Å². The van der Waals surface area contributed by atoms with Gasteiger partial charge < -0.3 is 16.2 Å². The number of H-pyrrole nitrogens is 1. The molecule has 11 nitrogen and oxygen atoms in total. The van der Waals surface area contributed by atoms with Gasteiger partial charge in [0.1, 0.15) is 6.04 Å². The van der Waals surface area contributed by atoms with Crippen LogP contribution in [0.15, 0.2) is 60.7 Å². The van der Waals surface area contributed by atoms with Crippen LogP contribution in [0.4, 0.5) is 5.69 Å². The Morgan fingerprint density at radius 2 is 1.69 bits per heavy atom. The average molecular weight is 569 g/mol. The van der Waals surface area contributed by atoms with E-state index in [-0.39, 0.29) is 18.2 Å². The number of nitrogens with zero attached hydrogens (tertiary/aromatic N) is 5. The second kappa shape index (κ2) is 12.9. The second-order valence-electron chi connectivity index (χ2n) is 10.7. The molecule has 2 amide bonds. The molecule has 42 heavy (non-hydrogen) atoms. The highest BCUT2D eigenvalue weighted by molar-refractivity contribution is 6.01. The summed E-state index contributed by atoms with van der Waals surface area (Å²) in [6.07, 6.45) is 3.51. The first-order valence-electron chi connectivity index (χ1n) is 14.1. The Kier molecular flexibility index (Phi) is 8.87. The summed E-state index contributed by atoms with van der Waals surface area (Å²) >= 11 is 0. The molecule has 1 aliphatic rings. The number of aromatic nitrogens is 5. The molecule has 1 fully saturated rings. The molecule has 2 aromatic heterocycles. The molecule has 2 aromatic carbocycles. The van der Waals surface area contributed by atoms with Gasteiger partial charge in [-0.15, -0.1) is 10.2 Å². The summed E-state index contributed by atoms with van der Waals surface area (Å²) in [4.78, 5) is 33.2. The number of nitrogens with one attached hydrogen (secondary N) is 1. The first-order valence-corrected chi connectivity index (χ1v) is 14.1. The number of hydrogen-bond donors (Lipinski definition) is 3. The number of carbonyl (C=O) groups is 2. The van der Waals surface area contributed by atoms with Gasteiger partial charge >= 0.3 is 0 Å². The maximum Gasteiger partial charge on any atom is 0.240 e. The van der Waals surface area contributed by atoms with Gasteiger partial charge in [0.05, 0.1) is 7.11 Å². The van der Waals surface area contributed by atoms with E-state index in [1.54, 1.807) is 24.1 Å². The Bertz CT molecular complexity index is 1500. The summed E-state index contributed by atoms with van der Waals surface area (Å²) in [6.45, 7) is 2.55. The Labute approximate surface area is 244 Å². The number of tetrazole rings is 1. The first kappa shape index (κ1) is 28.9. The van der Waals surface area contributed by atoms with E-state index < -0.39 is 11.9 Å². The number of pyridine rings is 1. The first-order chi connectivity index (χ1) is 20.4. The Hall–Kier alpha value is -4.64. The number of ether oxygens (including phenoxy) is 1. The lowest BCUT2D eigenvalue weighted by Gasteiger charge is -2.35. The molecule has 0 bridgehead atoms. The van der Waals surface area contributed by atoms with Crippen LogP contribution in [0, 0.1) is 18.8 Å². The van der Waals surface area contributed by atoms with Crippen molar-refractivity contribution < 1.29 is 14.3 Å². The molecule has 0 aliphatic heterocycles. The minimum atomic E-state index is -0.879. The number of benzene rings is 2. The van der Waals surface area contributed by atoms with Crippen molar-refractivity contribution in [1.82, 2.24) is 25.6 Å². The fourth-order valence-corrected chi connectivity index (χ4v) is 5.68. The molecule has 5 rings (SSSR count). The number of methoxy groups -OCH3 is 1. The molecule has 1 saturated carbocycles. The predicted molar refractivity (Wildman–Crippen MR) is 159 cm³/mol. The molecule has 4 aromatic rings. The summed E-state index contributed by atoms with van der Waals surface area (Å²) in [6, 6.07) is 18.0. The van der Waals surface area contributed by atoms with E-state index >= 15 is 0 Å². The van der Waals surface area contributed by atoms with Crippen molar-refractivity contribution in [3.05, 3.63) is 71.9 Å². The molecule has 1 aliphatic carbocycles. The van der Waals surface area contributed by atoms with Gasteiger partial charge in [0, 0.05) is 40.9 Å². The Morgan fingerprint density at radius 3 is 2.26 bits per heavy atom. The SMILES string of the molecule is COc1ccc(-c2ccc(C[C@@H](C(N)=O)N(C(=O)C3CCC(CN)CC3)c3ccc(-c4nn[nH]n4)cc3)cc2)c(C)n1. The zero-order valence-corrected chi connectivity index (χ0v) is 23.9. The van der Waals surface area contributed by atoms with Gasteiger partial charge in [-0.05, 0) is 91.7 Å². The lowest BCUT2D eigenvalue weighted by Crippen LogP contribution is -2.52. The number of nitrogens with two attached hydrogens (primary N) is 2. The number of amides is 2. The van der Waals surface area contributed by atoms with Crippen LogP contribution in [-0.4, -0.2) is 57.1 Å². The third-order valence-electron chi connectivity index (χ3n) is 8.12. The molecule has 0 radical (unpaired) electrons. The predicted octanol–water partition coefficient (Wildman–Crippen LogP) is 3.44. The van der Waals surface area contributed by atoms with E-state index in [1.807, 2.05) is 55.5 Å². The summed E-state index contributed by atoms with van der Waals surface area (Å²) < 4.78 is 5.23. The number of hydrogen-bond acceptors (Lipinski definition) is 8. The topological polar surface area (TPSA) is 166 Å². The maximum atomic E-state index is 14.1. The summed E-state index contributed by atoms with van der Waals surface area (Å²) in [5, 5.41) is 14.1. The summed E-state index contributed by atoms with van der Waals surface area (Å²) in [5.41, 5.74) is 16.9. The van der Waals surface area contributed by atoms with Gasteiger partial charge in [0.15, 0.2) is 0 Å². The van der Waals surface area contributed by atoms with Crippen LogP contribution in [-0.2, 0) is 16.0 Å². The van der Waals surface area contributed by atoms with Crippen molar-refractivity contribution in [1.29, 1.82) is 0 Å². The van der Waals surface area contributed by atoms with Crippen LogP contribution in [0.25, 0.3) is 22.5 Å². The third kappa shape index (κ3) is 6.31. The minimum Gasteiger partial charge on any atom is -0.481 e. The number of anilines is 1. The van der Waals surface area contributed by atoms with Crippen LogP contribution in [0.2, 0.25) is 0 Å². The Balaban J connectivity index is 1.43. The van der Waals surface area contributed by atoms with E-state index in [1.165, 1.54) is 0 Å². The molecule has 2 heterocycles. The summed E-state index contributed by atoms with van der Waals surface area (Å²) in [5.74, 6) is 0.543.